The smallest absolute Gasteiger partial charge is 0.253 e. The second-order valence-corrected chi connectivity index (χ2v) is 5.96. The van der Waals surface area contributed by atoms with E-state index in [-0.39, 0.29) is 12.5 Å². The minimum Gasteiger partial charge on any atom is -0.395 e. The summed E-state index contributed by atoms with van der Waals surface area (Å²) >= 11 is 0. The van der Waals surface area contributed by atoms with Crippen LogP contribution in [0.25, 0.3) is 0 Å². The van der Waals surface area contributed by atoms with E-state index in [0.717, 1.165) is 29.2 Å². The van der Waals surface area contributed by atoms with Crippen LogP contribution in [0.3, 0.4) is 0 Å². The maximum atomic E-state index is 12.4. The molecular formula is C18H23NO2. The molecule has 3 nitrogen and oxygen atoms in total. The third-order valence-electron chi connectivity index (χ3n) is 4.06. The van der Waals surface area contributed by atoms with Gasteiger partial charge in [0.05, 0.1) is 6.61 Å². The second-order valence-electron chi connectivity index (χ2n) is 5.96. The SMILES string of the molecule is Cc1cc(C(=O)N(C)CC2CC2C)ccc1C#CCCO. The molecule has 0 aliphatic heterocycles. The van der Waals surface area contributed by atoms with Gasteiger partial charge >= 0.3 is 0 Å². The van der Waals surface area contributed by atoms with Crippen LogP contribution >= 0.6 is 0 Å². The predicted octanol–water partition coefficient (Wildman–Crippen LogP) is 2.46. The first kappa shape index (κ1) is 15.6. The highest BCUT2D eigenvalue weighted by molar-refractivity contribution is 5.94. The summed E-state index contributed by atoms with van der Waals surface area (Å²) in [6.07, 6.45) is 1.71. The van der Waals surface area contributed by atoms with E-state index < -0.39 is 0 Å². The summed E-state index contributed by atoms with van der Waals surface area (Å²) in [6.45, 7) is 5.11. The number of carbonyl (C=O) groups is 1. The summed E-state index contributed by atoms with van der Waals surface area (Å²) in [4.78, 5) is 14.2. The lowest BCUT2D eigenvalue weighted by atomic mass is 10.0. The van der Waals surface area contributed by atoms with Crippen LogP contribution in [-0.4, -0.2) is 36.1 Å². The van der Waals surface area contributed by atoms with E-state index in [4.69, 9.17) is 5.11 Å². The zero-order chi connectivity index (χ0) is 15.4. The highest BCUT2D eigenvalue weighted by Crippen LogP contribution is 2.38. The van der Waals surface area contributed by atoms with E-state index in [0.29, 0.717) is 12.3 Å². The Balaban J connectivity index is 2.05. The van der Waals surface area contributed by atoms with Crippen LogP contribution < -0.4 is 0 Å². The van der Waals surface area contributed by atoms with Crippen molar-refractivity contribution in [3.63, 3.8) is 0 Å². The largest absolute Gasteiger partial charge is 0.395 e. The van der Waals surface area contributed by atoms with Crippen LogP contribution in [0.4, 0.5) is 0 Å². The Kier molecular flexibility index (Phi) is 5.03. The quantitative estimate of drug-likeness (QED) is 0.863. The van der Waals surface area contributed by atoms with Crippen LogP contribution in [0.1, 0.15) is 41.3 Å². The normalized spacial score (nSPS) is 19.6. The lowest BCUT2D eigenvalue weighted by molar-refractivity contribution is 0.0787. The molecule has 0 radical (unpaired) electrons. The molecule has 0 heterocycles. The first-order chi connectivity index (χ1) is 10.0. The van der Waals surface area contributed by atoms with Crippen LogP contribution in [-0.2, 0) is 0 Å². The van der Waals surface area contributed by atoms with Crippen molar-refractivity contribution in [2.24, 2.45) is 11.8 Å². The van der Waals surface area contributed by atoms with E-state index in [9.17, 15) is 4.79 Å². The Morgan fingerprint density at radius 3 is 2.76 bits per heavy atom. The fraction of sp³-hybridized carbons (Fsp3) is 0.500. The molecule has 1 aromatic carbocycles. The topological polar surface area (TPSA) is 40.5 Å². The second kappa shape index (κ2) is 6.78. The number of aliphatic hydroxyl groups excluding tert-OH is 1. The van der Waals surface area contributed by atoms with Gasteiger partial charge in [0, 0.05) is 31.1 Å². The lowest BCUT2D eigenvalue weighted by Gasteiger charge is -2.17. The fourth-order valence-corrected chi connectivity index (χ4v) is 2.46. The molecule has 1 N–H and O–H groups in total. The molecule has 0 bridgehead atoms. The highest BCUT2D eigenvalue weighted by atomic mass is 16.2. The van der Waals surface area contributed by atoms with Gasteiger partial charge in [0.15, 0.2) is 0 Å². The first-order valence-corrected chi connectivity index (χ1v) is 7.48. The molecule has 1 aromatic rings. The van der Waals surface area contributed by atoms with Gasteiger partial charge in [0.2, 0.25) is 0 Å². The molecular weight excluding hydrogens is 262 g/mol. The average molecular weight is 285 g/mol. The van der Waals surface area contributed by atoms with Gasteiger partial charge in [-0.15, -0.1) is 0 Å². The van der Waals surface area contributed by atoms with Gasteiger partial charge in [-0.3, -0.25) is 4.79 Å². The lowest BCUT2D eigenvalue weighted by Crippen LogP contribution is -2.29. The van der Waals surface area contributed by atoms with Crippen LogP contribution in [0, 0.1) is 30.6 Å². The average Bonchev–Trinajstić information content (AvgIpc) is 3.15. The monoisotopic (exact) mass is 285 g/mol. The molecule has 112 valence electrons. The van der Waals surface area contributed by atoms with E-state index in [1.54, 1.807) is 0 Å². The number of aryl methyl sites for hydroxylation is 1. The Morgan fingerprint density at radius 1 is 1.48 bits per heavy atom. The maximum absolute atomic E-state index is 12.4. The Hall–Kier alpha value is -1.79. The molecule has 2 unspecified atom stereocenters. The molecule has 1 aliphatic carbocycles. The number of carbonyl (C=O) groups excluding carboxylic acids is 1. The number of hydrogen-bond donors (Lipinski definition) is 1. The van der Waals surface area contributed by atoms with E-state index in [1.165, 1.54) is 6.42 Å². The number of aliphatic hydroxyl groups is 1. The van der Waals surface area contributed by atoms with E-state index in [2.05, 4.69) is 18.8 Å². The molecule has 0 aromatic heterocycles. The summed E-state index contributed by atoms with van der Waals surface area (Å²) in [5.41, 5.74) is 2.63. The summed E-state index contributed by atoms with van der Waals surface area (Å²) in [6, 6.07) is 5.63. The zero-order valence-corrected chi connectivity index (χ0v) is 13.0. The summed E-state index contributed by atoms with van der Waals surface area (Å²) in [5.74, 6) is 7.43. The van der Waals surface area contributed by atoms with E-state index in [1.807, 2.05) is 37.1 Å². The van der Waals surface area contributed by atoms with Gasteiger partial charge in [-0.2, -0.15) is 0 Å². The van der Waals surface area contributed by atoms with Crippen molar-refractivity contribution in [3.05, 3.63) is 34.9 Å². The van der Waals surface area contributed by atoms with Crippen LogP contribution in [0.15, 0.2) is 18.2 Å². The van der Waals surface area contributed by atoms with Crippen molar-refractivity contribution >= 4 is 5.91 Å². The van der Waals surface area contributed by atoms with Crippen molar-refractivity contribution in [3.8, 4) is 11.8 Å². The number of rotatable bonds is 4. The molecule has 0 saturated heterocycles. The highest BCUT2D eigenvalue weighted by Gasteiger charge is 2.34. The number of amides is 1. The first-order valence-electron chi connectivity index (χ1n) is 7.48. The predicted molar refractivity (Wildman–Crippen MR) is 84.0 cm³/mol. The fourth-order valence-electron chi connectivity index (χ4n) is 2.46. The number of hydrogen-bond acceptors (Lipinski definition) is 2. The minimum absolute atomic E-state index is 0.0760. The van der Waals surface area contributed by atoms with Crippen LogP contribution in [0.2, 0.25) is 0 Å². The molecule has 2 atom stereocenters. The molecule has 3 heteroatoms. The molecule has 1 saturated carbocycles. The standard InChI is InChI=1S/C18H23NO2/c1-13-10-16(8-7-15(13)6-4-5-9-20)18(21)19(3)12-17-11-14(17)2/h7-8,10,14,17,20H,5,9,11-12H2,1-3H3. The molecule has 1 aliphatic rings. The van der Waals surface area contributed by atoms with E-state index >= 15 is 0 Å². The number of nitrogens with zero attached hydrogens (tertiary/aromatic N) is 1. The summed E-state index contributed by atoms with van der Waals surface area (Å²) in [7, 11) is 1.87. The van der Waals surface area contributed by atoms with Crippen molar-refractivity contribution in [2.45, 2.75) is 26.7 Å². The molecule has 2 rings (SSSR count). The zero-order valence-electron chi connectivity index (χ0n) is 13.0. The molecule has 0 spiro atoms. The molecule has 1 fully saturated rings. The van der Waals surface area contributed by atoms with Crippen molar-refractivity contribution in [1.82, 2.24) is 4.90 Å². The molecule has 21 heavy (non-hydrogen) atoms. The van der Waals surface area contributed by atoms with Gasteiger partial charge in [-0.05, 0) is 48.9 Å². The van der Waals surface area contributed by atoms with Gasteiger partial charge < -0.3 is 10.0 Å². The van der Waals surface area contributed by atoms with Crippen molar-refractivity contribution in [1.29, 1.82) is 0 Å². The third kappa shape index (κ3) is 4.09. The Morgan fingerprint density at radius 2 is 2.19 bits per heavy atom. The summed E-state index contributed by atoms with van der Waals surface area (Å²) < 4.78 is 0. The molecule has 1 amide bonds. The maximum Gasteiger partial charge on any atom is 0.253 e. The van der Waals surface area contributed by atoms with Crippen molar-refractivity contribution in [2.75, 3.05) is 20.2 Å². The van der Waals surface area contributed by atoms with Gasteiger partial charge in [0.25, 0.3) is 5.91 Å². The summed E-state index contributed by atoms with van der Waals surface area (Å²) in [5, 5.41) is 8.73. The van der Waals surface area contributed by atoms with Gasteiger partial charge in [0.1, 0.15) is 0 Å². The van der Waals surface area contributed by atoms with Crippen molar-refractivity contribution < 1.29 is 9.90 Å². The van der Waals surface area contributed by atoms with Crippen LogP contribution in [0.5, 0.6) is 0 Å². The van der Waals surface area contributed by atoms with Gasteiger partial charge in [-0.25, -0.2) is 0 Å². The third-order valence-corrected chi connectivity index (χ3v) is 4.06. The Labute approximate surface area is 127 Å². The number of benzene rings is 1. The minimum atomic E-state index is 0.0760. The Bertz CT molecular complexity index is 583. The van der Waals surface area contributed by atoms with Gasteiger partial charge in [-0.1, -0.05) is 18.8 Å².